The van der Waals surface area contributed by atoms with Crippen LogP contribution in [0.2, 0.25) is 5.02 Å². The molecule has 0 aliphatic rings. The Balaban J connectivity index is 2.37. The van der Waals surface area contributed by atoms with E-state index in [1.54, 1.807) is 18.3 Å². The van der Waals surface area contributed by atoms with Crippen LogP contribution in [0.1, 0.15) is 20.3 Å². The van der Waals surface area contributed by atoms with Crippen LogP contribution in [0.3, 0.4) is 0 Å². The van der Waals surface area contributed by atoms with Crippen molar-refractivity contribution >= 4 is 46.5 Å². The summed E-state index contributed by atoms with van der Waals surface area (Å²) < 4.78 is 0. The molecular weight excluding hydrogens is 294 g/mol. The fourth-order valence-corrected chi connectivity index (χ4v) is 1.45. The molecule has 0 bridgehead atoms. The third-order valence-electron chi connectivity index (χ3n) is 2.16. The van der Waals surface area contributed by atoms with Crippen LogP contribution in [0.15, 0.2) is 34.5 Å². The van der Waals surface area contributed by atoms with Crippen LogP contribution < -0.4 is 16.2 Å². The van der Waals surface area contributed by atoms with E-state index in [1.807, 2.05) is 19.1 Å². The van der Waals surface area contributed by atoms with Gasteiger partial charge < -0.3 is 5.32 Å². The molecule has 0 unspecified atom stereocenters. The summed E-state index contributed by atoms with van der Waals surface area (Å²) in [5.74, 6) is 0. The number of nitrogens with one attached hydrogen (secondary N) is 3. The second-order valence-corrected chi connectivity index (χ2v) is 4.84. The number of halogens is 1. The number of hydrogen-bond acceptors (Lipinski definition) is 4. The van der Waals surface area contributed by atoms with Gasteiger partial charge in [-0.05, 0) is 49.8 Å². The van der Waals surface area contributed by atoms with E-state index >= 15 is 0 Å². The maximum atomic E-state index is 5.80. The first kappa shape index (κ1) is 16.4. The zero-order valence-corrected chi connectivity index (χ0v) is 13.1. The van der Waals surface area contributed by atoms with E-state index in [-0.39, 0.29) is 0 Å². The lowest BCUT2D eigenvalue weighted by Crippen LogP contribution is -2.32. The van der Waals surface area contributed by atoms with Crippen molar-refractivity contribution < 1.29 is 0 Å². The van der Waals surface area contributed by atoms with E-state index in [9.17, 15) is 0 Å². The van der Waals surface area contributed by atoms with Gasteiger partial charge in [-0.3, -0.25) is 10.9 Å². The summed E-state index contributed by atoms with van der Waals surface area (Å²) in [6.07, 6.45) is 2.60. The number of hydrogen-bond donors (Lipinski definition) is 3. The van der Waals surface area contributed by atoms with Gasteiger partial charge in [-0.2, -0.15) is 10.2 Å². The molecule has 1 rings (SSSR count). The summed E-state index contributed by atoms with van der Waals surface area (Å²) in [6, 6.07) is 7.28. The largest absolute Gasteiger partial charge is 0.361 e. The maximum Gasteiger partial charge on any atom is 0.186 e. The lowest BCUT2D eigenvalue weighted by Gasteiger charge is -2.04. The number of benzene rings is 1. The quantitative estimate of drug-likeness (QED) is 0.429. The molecule has 3 N–H and O–H groups in total. The number of nitrogens with zero attached hydrogens (tertiary/aromatic N) is 2. The average molecular weight is 312 g/mol. The molecule has 0 spiro atoms. The molecule has 1 aromatic carbocycles. The number of rotatable bonds is 6. The van der Waals surface area contributed by atoms with Gasteiger partial charge in [-0.25, -0.2) is 0 Å². The molecule has 1 aromatic rings. The Kier molecular flexibility index (Phi) is 7.60. The summed E-state index contributed by atoms with van der Waals surface area (Å²) in [7, 11) is 0. The molecule has 0 aliphatic heterocycles. The third kappa shape index (κ3) is 7.06. The average Bonchev–Trinajstić information content (AvgIpc) is 2.44. The van der Waals surface area contributed by atoms with Crippen LogP contribution in [-0.2, 0) is 0 Å². The van der Waals surface area contributed by atoms with E-state index < -0.39 is 0 Å². The fourth-order valence-electron chi connectivity index (χ4n) is 1.17. The molecule has 108 valence electrons. The lowest BCUT2D eigenvalue weighted by molar-refractivity contribution is 0.817. The smallest absolute Gasteiger partial charge is 0.186 e. The van der Waals surface area contributed by atoms with Crippen molar-refractivity contribution in [1.82, 2.24) is 10.7 Å². The zero-order chi connectivity index (χ0) is 14.8. The van der Waals surface area contributed by atoms with Crippen molar-refractivity contribution in [3.05, 3.63) is 29.3 Å². The normalized spacial score (nSPS) is 11.4. The van der Waals surface area contributed by atoms with E-state index in [0.717, 1.165) is 18.7 Å². The highest BCUT2D eigenvalue weighted by Gasteiger charge is 1.92. The fraction of sp³-hybridized carbons (Fsp3) is 0.308. The van der Waals surface area contributed by atoms with Gasteiger partial charge in [-0.1, -0.05) is 18.5 Å². The van der Waals surface area contributed by atoms with Gasteiger partial charge >= 0.3 is 0 Å². The van der Waals surface area contributed by atoms with Gasteiger partial charge in [0, 0.05) is 11.6 Å². The highest BCUT2D eigenvalue weighted by atomic mass is 35.5. The van der Waals surface area contributed by atoms with Crippen molar-refractivity contribution in [3.8, 4) is 0 Å². The molecule has 0 aliphatic carbocycles. The molecule has 0 saturated heterocycles. The Labute approximate surface area is 129 Å². The standard InChI is InChI=1S/C13H18ClN5S/c1-3-8-15-13(20)19-16-9-10(2)17-18-12-6-4-11(14)5-7-12/h4-7,9,18H,3,8H2,1-2H3,(H2,15,19,20)/b16-9+,17-10+. The summed E-state index contributed by atoms with van der Waals surface area (Å²) >= 11 is 10.8. The number of hydrazone groups is 2. The molecule has 0 radical (unpaired) electrons. The predicted molar refractivity (Wildman–Crippen MR) is 90.7 cm³/mol. The maximum absolute atomic E-state index is 5.80. The van der Waals surface area contributed by atoms with Crippen molar-refractivity contribution in [2.75, 3.05) is 12.0 Å². The Morgan fingerprint density at radius 1 is 1.35 bits per heavy atom. The molecule has 20 heavy (non-hydrogen) atoms. The highest BCUT2D eigenvalue weighted by molar-refractivity contribution is 7.80. The van der Waals surface area contributed by atoms with Gasteiger partial charge in [0.15, 0.2) is 5.11 Å². The van der Waals surface area contributed by atoms with Gasteiger partial charge in [0.05, 0.1) is 17.6 Å². The SMILES string of the molecule is CCCNC(=S)N/N=C/C(C)=N/Nc1ccc(Cl)cc1. The minimum absolute atomic E-state index is 0.501. The lowest BCUT2D eigenvalue weighted by atomic mass is 10.3. The van der Waals surface area contributed by atoms with E-state index in [1.165, 1.54) is 0 Å². The Morgan fingerprint density at radius 2 is 2.05 bits per heavy atom. The molecule has 0 aromatic heterocycles. The van der Waals surface area contributed by atoms with Crippen molar-refractivity contribution in [3.63, 3.8) is 0 Å². The topological polar surface area (TPSA) is 60.8 Å². The molecule has 0 fully saturated rings. The van der Waals surface area contributed by atoms with E-state index in [4.69, 9.17) is 23.8 Å². The first-order valence-corrected chi connectivity index (χ1v) is 7.03. The second-order valence-electron chi connectivity index (χ2n) is 4.00. The van der Waals surface area contributed by atoms with Crippen LogP contribution in [0.25, 0.3) is 0 Å². The zero-order valence-electron chi connectivity index (χ0n) is 11.5. The second kappa shape index (κ2) is 9.28. The summed E-state index contributed by atoms with van der Waals surface area (Å²) in [5, 5.41) is 12.3. The van der Waals surface area contributed by atoms with Gasteiger partial charge in [0.2, 0.25) is 0 Å². The van der Waals surface area contributed by atoms with Crippen LogP contribution in [0.4, 0.5) is 5.69 Å². The van der Waals surface area contributed by atoms with E-state index in [2.05, 4.69) is 33.3 Å². The highest BCUT2D eigenvalue weighted by Crippen LogP contribution is 2.12. The minimum Gasteiger partial charge on any atom is -0.361 e. The van der Waals surface area contributed by atoms with Crippen molar-refractivity contribution in [2.24, 2.45) is 10.2 Å². The molecule has 0 saturated carbocycles. The summed E-state index contributed by atoms with van der Waals surface area (Å²) in [4.78, 5) is 0. The van der Waals surface area contributed by atoms with Crippen LogP contribution in [0.5, 0.6) is 0 Å². The van der Waals surface area contributed by atoms with Gasteiger partial charge in [-0.15, -0.1) is 0 Å². The van der Waals surface area contributed by atoms with Gasteiger partial charge in [0.1, 0.15) is 0 Å². The molecule has 7 heteroatoms. The molecule has 0 amide bonds. The number of anilines is 1. The first-order valence-electron chi connectivity index (χ1n) is 6.24. The third-order valence-corrected chi connectivity index (χ3v) is 2.65. The van der Waals surface area contributed by atoms with Gasteiger partial charge in [0.25, 0.3) is 0 Å². The molecule has 5 nitrogen and oxygen atoms in total. The van der Waals surface area contributed by atoms with Crippen LogP contribution in [0, 0.1) is 0 Å². The van der Waals surface area contributed by atoms with Crippen LogP contribution >= 0.6 is 23.8 Å². The molecule has 0 heterocycles. The Hall–Kier alpha value is -1.66. The van der Waals surface area contributed by atoms with Crippen molar-refractivity contribution in [1.29, 1.82) is 0 Å². The minimum atomic E-state index is 0.501. The van der Waals surface area contributed by atoms with Crippen LogP contribution in [-0.4, -0.2) is 23.6 Å². The predicted octanol–water partition coefficient (Wildman–Crippen LogP) is 2.99. The Bertz CT molecular complexity index is 484. The van der Waals surface area contributed by atoms with E-state index in [0.29, 0.717) is 15.8 Å². The monoisotopic (exact) mass is 311 g/mol. The molecule has 0 atom stereocenters. The summed E-state index contributed by atoms with van der Waals surface area (Å²) in [6.45, 7) is 4.72. The Morgan fingerprint density at radius 3 is 2.70 bits per heavy atom. The first-order chi connectivity index (χ1) is 9.61. The number of thiocarbonyl (C=S) groups is 1. The molecular formula is C13H18ClN5S. The van der Waals surface area contributed by atoms with Crippen molar-refractivity contribution in [2.45, 2.75) is 20.3 Å². The summed E-state index contributed by atoms with van der Waals surface area (Å²) in [5.41, 5.74) is 7.19.